The van der Waals surface area contributed by atoms with Crippen LogP contribution < -0.4 is 0 Å². The van der Waals surface area contributed by atoms with Gasteiger partial charge in [0.1, 0.15) is 0 Å². The Morgan fingerprint density at radius 1 is 0.619 bits per heavy atom. The topological polar surface area (TPSA) is 0 Å². The molecule has 0 spiro atoms. The third-order valence-electron chi connectivity index (χ3n) is 3.92. The maximum absolute atomic E-state index is 3.71. The van der Waals surface area contributed by atoms with Crippen LogP contribution in [0.2, 0.25) is 0 Å². The molecule has 0 unspecified atom stereocenters. The Kier molecular flexibility index (Phi) is 3.01. The molecule has 0 nitrogen and oxygen atoms in total. The highest BCUT2D eigenvalue weighted by molar-refractivity contribution is 9.10. The number of fused-ring (bicyclic) bond motifs is 3. The molecule has 0 amide bonds. The summed E-state index contributed by atoms with van der Waals surface area (Å²) >= 11 is 3.71. The van der Waals surface area contributed by atoms with E-state index in [1.807, 2.05) is 0 Å². The van der Waals surface area contributed by atoms with Crippen LogP contribution in [0.3, 0.4) is 0 Å². The van der Waals surface area contributed by atoms with E-state index >= 15 is 0 Å². The molecule has 0 bridgehead atoms. The summed E-state index contributed by atoms with van der Waals surface area (Å²) in [6, 6.07) is 15.1. The Hall–Kier alpha value is -2.12. The average molecular weight is 333 g/mol. The Balaban J connectivity index is 2.11. The zero-order valence-electron chi connectivity index (χ0n) is 11.4. The van der Waals surface area contributed by atoms with Crippen LogP contribution in [0.4, 0.5) is 0 Å². The lowest BCUT2D eigenvalue weighted by Crippen LogP contribution is -1.86. The summed E-state index contributed by atoms with van der Waals surface area (Å²) in [5.74, 6) is 0. The highest BCUT2D eigenvalue weighted by Gasteiger charge is 2.26. The van der Waals surface area contributed by atoms with Crippen molar-refractivity contribution in [3.8, 4) is 11.1 Å². The van der Waals surface area contributed by atoms with Crippen molar-refractivity contribution in [2.75, 3.05) is 0 Å². The van der Waals surface area contributed by atoms with Gasteiger partial charge in [-0.25, -0.2) is 0 Å². The minimum atomic E-state index is 1.16. The molecule has 2 aliphatic rings. The van der Waals surface area contributed by atoms with Gasteiger partial charge in [-0.3, -0.25) is 0 Å². The number of hydrogen-bond acceptors (Lipinski definition) is 0. The summed E-state index contributed by atoms with van der Waals surface area (Å²) in [5.41, 5.74) is 7.79. The largest absolute Gasteiger partial charge is 0.0622 e. The van der Waals surface area contributed by atoms with Crippen LogP contribution in [-0.2, 0) is 0 Å². The van der Waals surface area contributed by atoms with Gasteiger partial charge in [0.15, 0.2) is 0 Å². The summed E-state index contributed by atoms with van der Waals surface area (Å²) < 4.78 is 1.16. The second-order valence-electron chi connectivity index (χ2n) is 5.14. The summed E-state index contributed by atoms with van der Waals surface area (Å²) in [6.45, 7) is 0. The van der Waals surface area contributed by atoms with E-state index < -0.39 is 0 Å². The van der Waals surface area contributed by atoms with Gasteiger partial charge in [0, 0.05) is 10.0 Å². The van der Waals surface area contributed by atoms with Gasteiger partial charge < -0.3 is 0 Å². The lowest BCUT2D eigenvalue weighted by molar-refractivity contribution is 1.59. The van der Waals surface area contributed by atoms with E-state index in [0.29, 0.717) is 0 Å². The third kappa shape index (κ3) is 1.97. The van der Waals surface area contributed by atoms with Crippen molar-refractivity contribution in [1.82, 2.24) is 0 Å². The molecule has 2 aliphatic carbocycles. The van der Waals surface area contributed by atoms with Gasteiger partial charge in [-0.05, 0) is 33.9 Å². The van der Waals surface area contributed by atoms with E-state index in [1.54, 1.807) is 0 Å². The summed E-state index contributed by atoms with van der Waals surface area (Å²) in [6.07, 6.45) is 12.7. The van der Waals surface area contributed by atoms with Crippen LogP contribution in [0.5, 0.6) is 0 Å². The van der Waals surface area contributed by atoms with Gasteiger partial charge in [-0.15, -0.1) is 0 Å². The molecule has 2 aromatic rings. The highest BCUT2D eigenvalue weighted by Crippen LogP contribution is 2.48. The molecular weight excluding hydrogens is 320 g/mol. The first-order chi connectivity index (χ1) is 10.4. The monoisotopic (exact) mass is 332 g/mol. The van der Waals surface area contributed by atoms with Crippen LogP contribution in [-0.4, -0.2) is 0 Å². The number of hydrogen-bond donors (Lipinski definition) is 0. The van der Waals surface area contributed by atoms with Crippen LogP contribution in [0.1, 0.15) is 11.1 Å². The molecule has 0 atom stereocenters. The molecule has 4 rings (SSSR count). The van der Waals surface area contributed by atoms with Crippen LogP contribution in [0.25, 0.3) is 16.7 Å². The molecule has 0 aliphatic heterocycles. The van der Waals surface area contributed by atoms with E-state index in [2.05, 4.69) is 94.9 Å². The van der Waals surface area contributed by atoms with Crippen LogP contribution in [0.15, 0.2) is 89.0 Å². The molecule has 0 saturated carbocycles. The summed E-state index contributed by atoms with van der Waals surface area (Å²) in [7, 11) is 0. The molecule has 0 fully saturated rings. The van der Waals surface area contributed by atoms with Gasteiger partial charge in [0.05, 0.1) is 0 Å². The molecule has 21 heavy (non-hydrogen) atoms. The molecule has 100 valence electrons. The zero-order valence-corrected chi connectivity index (χ0v) is 13.0. The van der Waals surface area contributed by atoms with Gasteiger partial charge in [0.2, 0.25) is 0 Å². The predicted molar refractivity (Wildman–Crippen MR) is 93.0 cm³/mol. The number of rotatable bonds is 0. The minimum absolute atomic E-state index is 1.16. The van der Waals surface area contributed by atoms with E-state index in [0.717, 1.165) is 4.47 Å². The van der Waals surface area contributed by atoms with E-state index in [9.17, 15) is 0 Å². The average Bonchev–Trinajstić information content (AvgIpc) is 2.66. The lowest BCUT2D eigenvalue weighted by atomic mass is 9.97. The lowest BCUT2D eigenvalue weighted by Gasteiger charge is -2.06. The van der Waals surface area contributed by atoms with E-state index in [4.69, 9.17) is 0 Å². The quantitative estimate of drug-likeness (QED) is 0.479. The van der Waals surface area contributed by atoms with Crippen LogP contribution in [0, 0.1) is 0 Å². The van der Waals surface area contributed by atoms with Crippen molar-refractivity contribution in [3.05, 3.63) is 100 Å². The molecular formula is C20H13Br. The number of halogens is 1. The molecule has 0 radical (unpaired) electrons. The van der Waals surface area contributed by atoms with Gasteiger partial charge >= 0.3 is 0 Å². The molecule has 0 saturated heterocycles. The maximum atomic E-state index is 3.71. The van der Waals surface area contributed by atoms with Crippen molar-refractivity contribution < 1.29 is 0 Å². The smallest absolute Gasteiger partial charge is 0.0260 e. The SMILES string of the molecule is Brc1cccc2c1-c1ccccc1C2=C1C=CC=CC=C1. The molecule has 0 aromatic heterocycles. The van der Waals surface area contributed by atoms with Gasteiger partial charge in [-0.1, -0.05) is 88.8 Å². The summed E-state index contributed by atoms with van der Waals surface area (Å²) in [4.78, 5) is 0. The van der Waals surface area contributed by atoms with Gasteiger partial charge in [-0.2, -0.15) is 0 Å². The van der Waals surface area contributed by atoms with Crippen molar-refractivity contribution in [3.63, 3.8) is 0 Å². The number of benzene rings is 2. The van der Waals surface area contributed by atoms with Crippen molar-refractivity contribution in [2.45, 2.75) is 0 Å². The fraction of sp³-hybridized carbons (Fsp3) is 0. The van der Waals surface area contributed by atoms with Crippen molar-refractivity contribution in [2.24, 2.45) is 0 Å². The van der Waals surface area contributed by atoms with Crippen molar-refractivity contribution in [1.29, 1.82) is 0 Å². The Morgan fingerprint density at radius 3 is 2.05 bits per heavy atom. The molecule has 2 aromatic carbocycles. The van der Waals surface area contributed by atoms with Crippen molar-refractivity contribution >= 4 is 21.5 Å². The minimum Gasteiger partial charge on any atom is -0.0622 e. The maximum Gasteiger partial charge on any atom is 0.0260 e. The Bertz CT molecular complexity index is 830. The molecule has 0 heterocycles. The summed E-state index contributed by atoms with van der Waals surface area (Å²) in [5, 5.41) is 0. The molecule has 1 heteroatoms. The first-order valence-corrected chi connectivity index (χ1v) is 7.80. The fourth-order valence-corrected chi connectivity index (χ4v) is 3.63. The second-order valence-corrected chi connectivity index (χ2v) is 6.00. The van der Waals surface area contributed by atoms with E-state index in [1.165, 1.54) is 33.4 Å². The normalized spacial score (nSPS) is 15.1. The molecule has 0 N–H and O–H groups in total. The second kappa shape index (κ2) is 5.01. The fourth-order valence-electron chi connectivity index (χ4n) is 3.05. The first-order valence-electron chi connectivity index (χ1n) is 7.00. The number of allylic oxidation sites excluding steroid dienone is 7. The van der Waals surface area contributed by atoms with Gasteiger partial charge in [0.25, 0.3) is 0 Å². The highest BCUT2D eigenvalue weighted by atomic mass is 79.9. The van der Waals surface area contributed by atoms with E-state index in [-0.39, 0.29) is 0 Å². The Labute approximate surface area is 133 Å². The third-order valence-corrected chi connectivity index (χ3v) is 4.58. The standard InChI is InChI=1S/C20H13Br/c21-18-13-7-12-17-19(14-8-3-1-2-4-9-14)15-10-5-6-11-16(15)20(17)18/h1-13H. The predicted octanol–water partition coefficient (Wildman–Crippen LogP) is 5.91. The first kappa shape index (κ1) is 12.6. The Morgan fingerprint density at radius 2 is 1.29 bits per heavy atom. The van der Waals surface area contributed by atoms with Crippen LogP contribution >= 0.6 is 15.9 Å². The zero-order chi connectivity index (χ0) is 14.2.